The Morgan fingerprint density at radius 1 is 1.36 bits per heavy atom. The van der Waals surface area contributed by atoms with Gasteiger partial charge in [-0.3, -0.25) is 9.20 Å². The van der Waals surface area contributed by atoms with Crippen LogP contribution in [0.15, 0.2) is 24.5 Å². The highest BCUT2D eigenvalue weighted by molar-refractivity contribution is 5.80. The lowest BCUT2D eigenvalue weighted by molar-refractivity contribution is -0.126. The molecular formula is C19H26N4O2. The summed E-state index contributed by atoms with van der Waals surface area (Å²) >= 11 is 0. The summed E-state index contributed by atoms with van der Waals surface area (Å²) in [4.78, 5) is 17.4. The number of rotatable bonds is 4. The quantitative estimate of drug-likeness (QED) is 0.891. The first-order valence-corrected chi connectivity index (χ1v) is 9.03. The van der Waals surface area contributed by atoms with Crippen molar-refractivity contribution in [3.05, 3.63) is 30.4 Å². The summed E-state index contributed by atoms with van der Waals surface area (Å²) in [5.74, 6) is 3.19. The van der Waals surface area contributed by atoms with E-state index in [0.29, 0.717) is 11.8 Å². The molecule has 2 aromatic heterocycles. The third kappa shape index (κ3) is 2.78. The Labute approximate surface area is 148 Å². The Balaban J connectivity index is 1.55. The van der Waals surface area contributed by atoms with Crippen LogP contribution in [0.2, 0.25) is 0 Å². The van der Waals surface area contributed by atoms with Crippen LogP contribution in [0.1, 0.15) is 32.5 Å². The second-order valence-electron chi connectivity index (χ2n) is 7.87. The van der Waals surface area contributed by atoms with Crippen molar-refractivity contribution in [2.75, 3.05) is 20.2 Å². The second kappa shape index (κ2) is 6.02. The Morgan fingerprint density at radius 2 is 2.08 bits per heavy atom. The molecule has 1 amide bonds. The van der Waals surface area contributed by atoms with Gasteiger partial charge in [0.1, 0.15) is 17.1 Å². The summed E-state index contributed by atoms with van der Waals surface area (Å²) in [5.41, 5.74) is 0.357. The van der Waals surface area contributed by atoms with E-state index in [1.54, 1.807) is 13.3 Å². The molecule has 0 bridgehead atoms. The third-order valence-electron chi connectivity index (χ3n) is 5.77. The molecular weight excluding hydrogens is 316 g/mol. The van der Waals surface area contributed by atoms with Gasteiger partial charge in [-0.05, 0) is 63.7 Å². The number of aromatic nitrogens is 2. The van der Waals surface area contributed by atoms with E-state index >= 15 is 0 Å². The first-order valence-electron chi connectivity index (χ1n) is 9.03. The largest absolute Gasteiger partial charge is 0.494 e. The average molecular weight is 342 g/mol. The van der Waals surface area contributed by atoms with Crippen molar-refractivity contribution in [1.29, 1.82) is 0 Å². The van der Waals surface area contributed by atoms with Crippen LogP contribution in [0.4, 0.5) is 0 Å². The van der Waals surface area contributed by atoms with Gasteiger partial charge < -0.3 is 15.4 Å². The SMILES string of the molecule is COc1cccn2c(C(C)(C)NC(=O)C3CC4CNCC4C3)ncc12. The maximum atomic E-state index is 12.9. The van der Waals surface area contributed by atoms with Crippen LogP contribution >= 0.6 is 0 Å². The fourth-order valence-electron chi connectivity index (χ4n) is 4.48. The number of nitrogens with zero attached hydrogens (tertiary/aromatic N) is 2. The summed E-state index contributed by atoms with van der Waals surface area (Å²) < 4.78 is 7.40. The molecule has 2 fully saturated rings. The van der Waals surface area contributed by atoms with E-state index in [2.05, 4.69) is 15.6 Å². The van der Waals surface area contributed by atoms with Crippen LogP contribution in [-0.4, -0.2) is 35.5 Å². The molecule has 2 unspecified atom stereocenters. The van der Waals surface area contributed by atoms with E-state index < -0.39 is 5.54 Å². The van der Waals surface area contributed by atoms with E-state index in [0.717, 1.165) is 43.0 Å². The maximum Gasteiger partial charge on any atom is 0.223 e. The molecule has 0 spiro atoms. The van der Waals surface area contributed by atoms with Gasteiger partial charge in [-0.25, -0.2) is 4.98 Å². The van der Waals surface area contributed by atoms with Crippen molar-refractivity contribution in [2.24, 2.45) is 17.8 Å². The van der Waals surface area contributed by atoms with Gasteiger partial charge >= 0.3 is 0 Å². The highest BCUT2D eigenvalue weighted by atomic mass is 16.5. The normalized spacial score (nSPS) is 26.0. The molecule has 2 atom stereocenters. The van der Waals surface area contributed by atoms with Crippen molar-refractivity contribution in [1.82, 2.24) is 20.0 Å². The summed E-state index contributed by atoms with van der Waals surface area (Å²) in [5, 5.41) is 6.66. The van der Waals surface area contributed by atoms with Crippen molar-refractivity contribution in [3.8, 4) is 5.75 Å². The fraction of sp³-hybridized carbons (Fsp3) is 0.579. The number of hydrogen-bond acceptors (Lipinski definition) is 4. The summed E-state index contributed by atoms with van der Waals surface area (Å²) in [6.45, 7) is 6.14. The van der Waals surface area contributed by atoms with E-state index in [9.17, 15) is 4.79 Å². The molecule has 1 saturated heterocycles. The third-order valence-corrected chi connectivity index (χ3v) is 5.77. The van der Waals surface area contributed by atoms with E-state index in [4.69, 9.17) is 4.74 Å². The Kier molecular flexibility index (Phi) is 3.95. The van der Waals surface area contributed by atoms with Gasteiger partial charge in [0.2, 0.25) is 5.91 Å². The lowest BCUT2D eigenvalue weighted by Crippen LogP contribution is -2.45. The summed E-state index contributed by atoms with van der Waals surface area (Å²) in [6, 6.07) is 3.85. The number of carbonyl (C=O) groups is 1. The van der Waals surface area contributed by atoms with Gasteiger partial charge in [-0.2, -0.15) is 0 Å². The number of amides is 1. The number of fused-ring (bicyclic) bond motifs is 2. The zero-order chi connectivity index (χ0) is 17.6. The fourth-order valence-corrected chi connectivity index (χ4v) is 4.48. The van der Waals surface area contributed by atoms with Crippen LogP contribution in [0.25, 0.3) is 5.52 Å². The molecule has 1 saturated carbocycles. The minimum atomic E-state index is -0.550. The van der Waals surface area contributed by atoms with Gasteiger partial charge in [0.15, 0.2) is 0 Å². The molecule has 6 heteroatoms. The second-order valence-corrected chi connectivity index (χ2v) is 7.87. The van der Waals surface area contributed by atoms with Gasteiger partial charge in [-0.1, -0.05) is 0 Å². The van der Waals surface area contributed by atoms with Crippen molar-refractivity contribution in [3.63, 3.8) is 0 Å². The lowest BCUT2D eigenvalue weighted by Gasteiger charge is -2.27. The molecule has 2 N–H and O–H groups in total. The molecule has 3 heterocycles. The van der Waals surface area contributed by atoms with E-state index in [1.165, 1.54) is 0 Å². The highest BCUT2D eigenvalue weighted by Crippen LogP contribution is 2.39. The van der Waals surface area contributed by atoms with Crippen LogP contribution < -0.4 is 15.4 Å². The zero-order valence-electron chi connectivity index (χ0n) is 15.1. The average Bonchev–Trinajstić information content (AvgIpc) is 3.27. The minimum absolute atomic E-state index is 0.122. The van der Waals surface area contributed by atoms with Crippen LogP contribution in [0.3, 0.4) is 0 Å². The summed E-state index contributed by atoms with van der Waals surface area (Å²) in [7, 11) is 1.65. The molecule has 0 aromatic carbocycles. The number of methoxy groups -OCH3 is 1. The molecule has 134 valence electrons. The smallest absolute Gasteiger partial charge is 0.223 e. The number of imidazole rings is 1. The Bertz CT molecular complexity index is 786. The van der Waals surface area contributed by atoms with Crippen molar-refractivity contribution < 1.29 is 9.53 Å². The first kappa shape index (κ1) is 16.4. The van der Waals surface area contributed by atoms with Gasteiger partial charge in [0, 0.05) is 12.1 Å². The van der Waals surface area contributed by atoms with Crippen LogP contribution in [0.5, 0.6) is 5.75 Å². The number of nitrogens with one attached hydrogen (secondary N) is 2. The van der Waals surface area contributed by atoms with Gasteiger partial charge in [0.05, 0.1) is 18.8 Å². The predicted octanol–water partition coefficient (Wildman–Crippen LogP) is 1.94. The monoisotopic (exact) mass is 342 g/mol. The molecule has 0 radical (unpaired) electrons. The molecule has 6 nitrogen and oxygen atoms in total. The van der Waals surface area contributed by atoms with Gasteiger partial charge in [0.25, 0.3) is 0 Å². The topological polar surface area (TPSA) is 67.7 Å². The zero-order valence-corrected chi connectivity index (χ0v) is 15.1. The molecule has 2 aromatic rings. The minimum Gasteiger partial charge on any atom is -0.494 e. The van der Waals surface area contributed by atoms with Crippen LogP contribution in [0, 0.1) is 17.8 Å². The summed E-state index contributed by atoms with van der Waals surface area (Å²) in [6.07, 6.45) is 5.75. The molecule has 1 aliphatic heterocycles. The van der Waals surface area contributed by atoms with Crippen LogP contribution in [-0.2, 0) is 10.3 Å². The Hall–Kier alpha value is -2.08. The number of pyridine rings is 1. The molecule has 1 aliphatic carbocycles. The first-order chi connectivity index (χ1) is 12.0. The van der Waals surface area contributed by atoms with E-state index in [1.807, 2.05) is 36.6 Å². The number of carbonyl (C=O) groups excluding carboxylic acids is 1. The molecule has 25 heavy (non-hydrogen) atoms. The van der Waals surface area contributed by atoms with Crippen molar-refractivity contribution >= 4 is 11.4 Å². The molecule has 4 rings (SSSR count). The van der Waals surface area contributed by atoms with Crippen molar-refractivity contribution in [2.45, 2.75) is 32.2 Å². The van der Waals surface area contributed by atoms with Gasteiger partial charge in [-0.15, -0.1) is 0 Å². The van der Waals surface area contributed by atoms with E-state index in [-0.39, 0.29) is 11.8 Å². The lowest BCUT2D eigenvalue weighted by atomic mass is 9.99. The Morgan fingerprint density at radius 3 is 2.76 bits per heavy atom. The number of hydrogen-bond donors (Lipinski definition) is 2. The maximum absolute atomic E-state index is 12.9. The predicted molar refractivity (Wildman–Crippen MR) is 95.5 cm³/mol. The number of ether oxygens (including phenoxy) is 1. The standard InChI is InChI=1S/C19H26N4O2/c1-19(2,18-21-11-15-16(25-3)5-4-6-23(15)18)22-17(24)12-7-13-9-20-10-14(13)8-12/h4-6,11-14,20H,7-10H2,1-3H3,(H,22,24). The highest BCUT2D eigenvalue weighted by Gasteiger charge is 2.41. The molecule has 2 aliphatic rings.